The SMILES string of the molecule is CC(CC(=O)O)(NC(=O)c1ccc(N2CCC(Nc3ncccn3)CC2)cc1)NS(=O)(=O)c1ccccc1. The van der Waals surface area contributed by atoms with Crippen LogP contribution in [0.3, 0.4) is 0 Å². The number of rotatable bonds is 10. The highest BCUT2D eigenvalue weighted by molar-refractivity contribution is 7.89. The van der Waals surface area contributed by atoms with Crippen LogP contribution < -0.4 is 20.3 Å². The van der Waals surface area contributed by atoms with Gasteiger partial charge in [-0.2, -0.15) is 4.72 Å². The number of amides is 1. The number of benzene rings is 2. The molecule has 11 nitrogen and oxygen atoms in total. The molecule has 0 bridgehead atoms. The molecular weight excluding hydrogens is 508 g/mol. The number of aliphatic carboxylic acids is 1. The van der Waals surface area contributed by atoms with Gasteiger partial charge in [-0.3, -0.25) is 9.59 Å². The van der Waals surface area contributed by atoms with Crippen LogP contribution in [0, 0.1) is 0 Å². The largest absolute Gasteiger partial charge is 0.481 e. The maximum atomic E-state index is 13.0. The van der Waals surface area contributed by atoms with Crippen molar-refractivity contribution in [1.82, 2.24) is 20.0 Å². The first-order valence-corrected chi connectivity index (χ1v) is 13.6. The first-order chi connectivity index (χ1) is 18.1. The molecule has 1 atom stereocenters. The molecule has 1 saturated heterocycles. The van der Waals surface area contributed by atoms with E-state index in [-0.39, 0.29) is 16.5 Å². The van der Waals surface area contributed by atoms with E-state index in [0.717, 1.165) is 31.6 Å². The van der Waals surface area contributed by atoms with Crippen LogP contribution in [0.5, 0.6) is 0 Å². The summed E-state index contributed by atoms with van der Waals surface area (Å²) in [6.07, 6.45) is 4.54. The summed E-state index contributed by atoms with van der Waals surface area (Å²) in [6, 6.07) is 16.5. The summed E-state index contributed by atoms with van der Waals surface area (Å²) < 4.78 is 28.0. The highest BCUT2D eigenvalue weighted by atomic mass is 32.2. The zero-order valence-corrected chi connectivity index (χ0v) is 21.7. The zero-order chi connectivity index (χ0) is 27.2. The minimum atomic E-state index is -4.08. The smallest absolute Gasteiger partial charge is 0.307 e. The number of hydrogen-bond donors (Lipinski definition) is 4. The van der Waals surface area contributed by atoms with Gasteiger partial charge in [0.1, 0.15) is 5.66 Å². The van der Waals surface area contributed by atoms with Gasteiger partial charge in [-0.25, -0.2) is 18.4 Å². The van der Waals surface area contributed by atoms with Crippen molar-refractivity contribution in [1.29, 1.82) is 0 Å². The van der Waals surface area contributed by atoms with Crippen LogP contribution in [0.25, 0.3) is 0 Å². The minimum absolute atomic E-state index is 0.0366. The van der Waals surface area contributed by atoms with Crippen molar-refractivity contribution in [2.75, 3.05) is 23.3 Å². The fraction of sp³-hybridized carbons (Fsp3) is 0.308. The van der Waals surface area contributed by atoms with Gasteiger partial charge in [0.25, 0.3) is 5.91 Å². The standard InChI is InChI=1S/C26H30N6O5S/c1-26(18-23(33)34,31-38(36,37)22-6-3-2-4-7-22)30-24(35)19-8-10-21(11-9-19)32-16-12-20(13-17-32)29-25-27-14-5-15-28-25/h2-11,14-15,20,31H,12-13,16-18H2,1H3,(H,30,35)(H,33,34)(H,27,28,29). The molecule has 0 spiro atoms. The average Bonchev–Trinajstić information content (AvgIpc) is 2.89. The number of anilines is 2. The molecule has 1 aromatic heterocycles. The molecular formula is C26H30N6O5S. The topological polar surface area (TPSA) is 154 Å². The van der Waals surface area contributed by atoms with Gasteiger partial charge in [0.2, 0.25) is 16.0 Å². The third-order valence-corrected chi connectivity index (χ3v) is 7.81. The van der Waals surface area contributed by atoms with E-state index >= 15 is 0 Å². The molecule has 1 unspecified atom stereocenters. The normalized spacial score (nSPS) is 15.9. The van der Waals surface area contributed by atoms with E-state index in [0.29, 0.717) is 5.95 Å². The van der Waals surface area contributed by atoms with Gasteiger partial charge in [-0.05, 0) is 62.2 Å². The quantitative estimate of drug-likeness (QED) is 0.285. The number of nitrogens with one attached hydrogen (secondary N) is 3. The van der Waals surface area contributed by atoms with E-state index in [2.05, 4.69) is 30.2 Å². The van der Waals surface area contributed by atoms with Crippen molar-refractivity contribution >= 4 is 33.5 Å². The van der Waals surface area contributed by atoms with Crippen LogP contribution in [-0.2, 0) is 14.8 Å². The maximum absolute atomic E-state index is 13.0. The van der Waals surface area contributed by atoms with Gasteiger partial charge in [0, 0.05) is 42.8 Å². The van der Waals surface area contributed by atoms with Crippen LogP contribution in [-0.4, -0.2) is 60.2 Å². The second-order valence-electron chi connectivity index (χ2n) is 9.30. The van der Waals surface area contributed by atoms with E-state index in [1.807, 2.05) is 12.1 Å². The third-order valence-electron chi connectivity index (χ3n) is 6.20. The lowest BCUT2D eigenvalue weighted by atomic mass is 10.0. The third kappa shape index (κ3) is 7.05. The monoisotopic (exact) mass is 538 g/mol. The summed E-state index contributed by atoms with van der Waals surface area (Å²) in [5.74, 6) is -1.25. The second kappa shape index (κ2) is 11.6. The number of nitrogens with zero attached hydrogens (tertiary/aromatic N) is 3. The molecule has 3 aromatic rings. The van der Waals surface area contributed by atoms with Crippen LogP contribution >= 0.6 is 0 Å². The molecule has 1 aliphatic heterocycles. The Bertz CT molecular complexity index is 1350. The Morgan fingerprint density at radius 3 is 2.24 bits per heavy atom. The first kappa shape index (κ1) is 27.0. The molecule has 1 amide bonds. The molecule has 38 heavy (non-hydrogen) atoms. The molecule has 0 aliphatic carbocycles. The van der Waals surface area contributed by atoms with E-state index in [9.17, 15) is 23.1 Å². The highest BCUT2D eigenvalue weighted by Gasteiger charge is 2.35. The Labute approximate surface area is 221 Å². The number of carbonyl (C=O) groups excluding carboxylic acids is 1. The molecule has 1 fully saturated rings. The minimum Gasteiger partial charge on any atom is -0.481 e. The lowest BCUT2D eigenvalue weighted by Gasteiger charge is -2.34. The summed E-state index contributed by atoms with van der Waals surface area (Å²) in [7, 11) is -4.08. The highest BCUT2D eigenvalue weighted by Crippen LogP contribution is 2.22. The van der Waals surface area contributed by atoms with Crippen molar-refractivity contribution in [3.05, 3.63) is 78.6 Å². The summed E-state index contributed by atoms with van der Waals surface area (Å²) in [5, 5.41) is 15.3. The molecule has 2 aromatic carbocycles. The number of carboxylic acids is 1. The Kier molecular flexibility index (Phi) is 8.23. The van der Waals surface area contributed by atoms with E-state index in [4.69, 9.17) is 0 Å². The molecule has 12 heteroatoms. The summed E-state index contributed by atoms with van der Waals surface area (Å²) in [5.41, 5.74) is -0.524. The fourth-order valence-electron chi connectivity index (χ4n) is 4.35. The van der Waals surface area contributed by atoms with Crippen LogP contribution in [0.2, 0.25) is 0 Å². The van der Waals surface area contributed by atoms with Crippen molar-refractivity contribution in [2.45, 2.75) is 42.8 Å². The molecule has 2 heterocycles. The lowest BCUT2D eigenvalue weighted by Crippen LogP contribution is -2.59. The Hall–Kier alpha value is -4.03. The van der Waals surface area contributed by atoms with Crippen molar-refractivity contribution in [3.63, 3.8) is 0 Å². The number of piperidine rings is 1. The molecule has 200 valence electrons. The maximum Gasteiger partial charge on any atom is 0.307 e. The van der Waals surface area contributed by atoms with Crippen LogP contribution in [0.4, 0.5) is 11.6 Å². The van der Waals surface area contributed by atoms with E-state index < -0.39 is 34.0 Å². The number of hydrogen-bond acceptors (Lipinski definition) is 8. The average molecular weight is 539 g/mol. The van der Waals surface area contributed by atoms with Crippen LogP contribution in [0.15, 0.2) is 78.0 Å². The molecule has 0 saturated carbocycles. The van der Waals surface area contributed by atoms with Gasteiger partial charge in [-0.1, -0.05) is 18.2 Å². The van der Waals surface area contributed by atoms with Gasteiger partial charge >= 0.3 is 5.97 Å². The fourth-order valence-corrected chi connectivity index (χ4v) is 5.70. The Morgan fingerprint density at radius 1 is 1.00 bits per heavy atom. The first-order valence-electron chi connectivity index (χ1n) is 12.2. The predicted octanol–water partition coefficient (Wildman–Crippen LogP) is 2.46. The molecule has 0 radical (unpaired) electrons. The number of aromatic nitrogens is 2. The number of carbonyl (C=O) groups is 2. The van der Waals surface area contributed by atoms with Gasteiger partial charge < -0.3 is 20.6 Å². The number of sulfonamides is 1. The Morgan fingerprint density at radius 2 is 1.63 bits per heavy atom. The molecule has 4 N–H and O–H groups in total. The number of carboxylic acid groups (broad SMARTS) is 1. The van der Waals surface area contributed by atoms with Crippen molar-refractivity contribution < 1.29 is 23.1 Å². The van der Waals surface area contributed by atoms with Crippen molar-refractivity contribution in [2.24, 2.45) is 0 Å². The van der Waals surface area contributed by atoms with E-state index in [1.54, 1.807) is 48.8 Å². The summed E-state index contributed by atoms with van der Waals surface area (Å²) in [6.45, 7) is 2.95. The van der Waals surface area contributed by atoms with Gasteiger partial charge in [0.05, 0.1) is 11.3 Å². The summed E-state index contributed by atoms with van der Waals surface area (Å²) >= 11 is 0. The van der Waals surface area contributed by atoms with Crippen LogP contribution in [0.1, 0.15) is 36.5 Å². The zero-order valence-electron chi connectivity index (χ0n) is 20.9. The predicted molar refractivity (Wildman–Crippen MR) is 142 cm³/mol. The lowest BCUT2D eigenvalue weighted by molar-refractivity contribution is -0.138. The van der Waals surface area contributed by atoms with Gasteiger partial charge in [-0.15, -0.1) is 0 Å². The molecule has 1 aliphatic rings. The van der Waals surface area contributed by atoms with Gasteiger partial charge in [0.15, 0.2) is 0 Å². The molecule has 4 rings (SSSR count). The van der Waals surface area contributed by atoms with Crippen molar-refractivity contribution in [3.8, 4) is 0 Å². The Balaban J connectivity index is 1.38. The second-order valence-corrected chi connectivity index (χ2v) is 11.0. The van der Waals surface area contributed by atoms with E-state index in [1.165, 1.54) is 19.1 Å². The summed E-state index contributed by atoms with van der Waals surface area (Å²) in [4.78, 5) is 35.1.